The zero-order valence-corrected chi connectivity index (χ0v) is 13.5. The Morgan fingerprint density at radius 2 is 2.00 bits per heavy atom. The third kappa shape index (κ3) is 5.00. The number of amides is 1. The second kappa shape index (κ2) is 8.19. The molecule has 0 aliphatic rings. The summed E-state index contributed by atoms with van der Waals surface area (Å²) in [5.74, 6) is 0.593. The molecule has 0 aliphatic carbocycles. The van der Waals surface area contributed by atoms with Crippen LogP contribution in [0.3, 0.4) is 0 Å². The molecule has 2 aromatic rings. The van der Waals surface area contributed by atoms with Gasteiger partial charge in [0, 0.05) is 30.5 Å². The Hall–Kier alpha value is -2.53. The number of nitrogens with two attached hydrogens (primary N) is 1. The highest BCUT2D eigenvalue weighted by atomic mass is 16.5. The van der Waals surface area contributed by atoms with Crippen LogP contribution in [0.25, 0.3) is 0 Å². The summed E-state index contributed by atoms with van der Waals surface area (Å²) in [4.78, 5) is 12.2. The zero-order chi connectivity index (χ0) is 16.7. The van der Waals surface area contributed by atoms with Gasteiger partial charge in [0.2, 0.25) is 0 Å². The lowest BCUT2D eigenvalue weighted by atomic mass is 10.1. The van der Waals surface area contributed by atoms with E-state index in [0.717, 1.165) is 16.9 Å². The molecule has 0 bridgehead atoms. The molecule has 5 nitrogen and oxygen atoms in total. The second-order valence-electron chi connectivity index (χ2n) is 5.26. The first kappa shape index (κ1) is 16.8. The van der Waals surface area contributed by atoms with Crippen molar-refractivity contribution in [2.75, 3.05) is 26.1 Å². The summed E-state index contributed by atoms with van der Waals surface area (Å²) in [6.45, 7) is 3.37. The number of rotatable bonds is 7. The second-order valence-corrected chi connectivity index (χ2v) is 5.26. The largest absolute Gasteiger partial charge is 0.491 e. The quantitative estimate of drug-likeness (QED) is 0.608. The van der Waals surface area contributed by atoms with E-state index in [1.165, 1.54) is 0 Å². The van der Waals surface area contributed by atoms with Crippen LogP contribution in [-0.2, 0) is 11.3 Å². The normalized spacial score (nSPS) is 10.3. The van der Waals surface area contributed by atoms with Crippen LogP contribution in [0.2, 0.25) is 0 Å². The average molecular weight is 314 g/mol. The summed E-state index contributed by atoms with van der Waals surface area (Å²) in [5.41, 5.74) is 8.83. The fraction of sp³-hybridized carbons (Fsp3) is 0.278. The van der Waals surface area contributed by atoms with Crippen molar-refractivity contribution in [2.45, 2.75) is 13.5 Å². The molecular formula is C18H22N2O3. The van der Waals surface area contributed by atoms with E-state index >= 15 is 0 Å². The lowest BCUT2D eigenvalue weighted by Gasteiger charge is -2.13. The summed E-state index contributed by atoms with van der Waals surface area (Å²) in [5, 5.41) is 2.89. The van der Waals surface area contributed by atoms with Crippen LogP contribution in [-0.4, -0.2) is 26.2 Å². The van der Waals surface area contributed by atoms with Gasteiger partial charge >= 0.3 is 0 Å². The molecule has 0 heterocycles. The van der Waals surface area contributed by atoms with Gasteiger partial charge in [0.05, 0.1) is 6.61 Å². The molecule has 2 rings (SSSR count). The lowest BCUT2D eigenvalue weighted by molar-refractivity contribution is 0.0950. The highest BCUT2D eigenvalue weighted by Gasteiger charge is 2.09. The number of carbonyl (C=O) groups is 1. The summed E-state index contributed by atoms with van der Waals surface area (Å²) >= 11 is 0. The molecule has 0 radical (unpaired) electrons. The van der Waals surface area contributed by atoms with Crippen molar-refractivity contribution in [3.05, 3.63) is 59.2 Å². The Kier molecular flexibility index (Phi) is 6.00. The lowest BCUT2D eigenvalue weighted by Crippen LogP contribution is -2.23. The van der Waals surface area contributed by atoms with E-state index < -0.39 is 0 Å². The topological polar surface area (TPSA) is 73.6 Å². The molecule has 0 fully saturated rings. The molecule has 0 saturated heterocycles. The number of carbonyl (C=O) groups excluding carboxylic acids is 1. The molecule has 122 valence electrons. The maximum atomic E-state index is 12.2. The standard InChI is InChI=1S/C18H22N2O3/c1-13-6-7-15(17(10-13)23-9-8-22-2)12-20-18(21)14-4-3-5-16(19)11-14/h3-7,10-11H,8-9,12,19H2,1-2H3,(H,20,21). The number of hydrogen-bond acceptors (Lipinski definition) is 4. The van der Waals surface area contributed by atoms with Crippen LogP contribution in [0, 0.1) is 6.92 Å². The summed E-state index contributed by atoms with van der Waals surface area (Å²) in [7, 11) is 1.63. The van der Waals surface area contributed by atoms with Crippen LogP contribution < -0.4 is 15.8 Å². The summed E-state index contributed by atoms with van der Waals surface area (Å²) in [6, 6.07) is 12.8. The number of nitrogen functional groups attached to an aromatic ring is 1. The van der Waals surface area contributed by atoms with Crippen LogP contribution in [0.1, 0.15) is 21.5 Å². The average Bonchev–Trinajstić information content (AvgIpc) is 2.54. The Morgan fingerprint density at radius 3 is 2.74 bits per heavy atom. The zero-order valence-electron chi connectivity index (χ0n) is 13.5. The molecule has 0 aliphatic heterocycles. The number of methoxy groups -OCH3 is 1. The molecule has 2 aromatic carbocycles. The maximum Gasteiger partial charge on any atom is 0.251 e. The number of hydrogen-bond donors (Lipinski definition) is 2. The molecule has 0 aromatic heterocycles. The van der Waals surface area contributed by atoms with Crippen molar-refractivity contribution in [3.8, 4) is 5.75 Å². The van der Waals surface area contributed by atoms with Gasteiger partial charge in [-0.2, -0.15) is 0 Å². The van der Waals surface area contributed by atoms with E-state index in [1.54, 1.807) is 31.4 Å². The number of benzene rings is 2. The van der Waals surface area contributed by atoms with Crippen LogP contribution in [0.4, 0.5) is 5.69 Å². The van der Waals surface area contributed by atoms with Crippen molar-refractivity contribution >= 4 is 11.6 Å². The SMILES string of the molecule is COCCOc1cc(C)ccc1CNC(=O)c1cccc(N)c1. The molecule has 0 spiro atoms. The Balaban J connectivity index is 2.03. The highest BCUT2D eigenvalue weighted by molar-refractivity contribution is 5.94. The predicted molar refractivity (Wildman–Crippen MR) is 90.6 cm³/mol. The number of nitrogens with one attached hydrogen (secondary N) is 1. The van der Waals surface area contributed by atoms with Gasteiger partial charge in [0.25, 0.3) is 5.91 Å². The van der Waals surface area contributed by atoms with Gasteiger partial charge in [0.1, 0.15) is 12.4 Å². The summed E-state index contributed by atoms with van der Waals surface area (Å²) in [6.07, 6.45) is 0. The van der Waals surface area contributed by atoms with Gasteiger partial charge in [-0.15, -0.1) is 0 Å². The van der Waals surface area contributed by atoms with E-state index in [4.69, 9.17) is 15.2 Å². The smallest absolute Gasteiger partial charge is 0.251 e. The van der Waals surface area contributed by atoms with E-state index in [-0.39, 0.29) is 5.91 Å². The van der Waals surface area contributed by atoms with Crippen molar-refractivity contribution in [3.63, 3.8) is 0 Å². The molecule has 0 saturated carbocycles. The van der Waals surface area contributed by atoms with Crippen molar-refractivity contribution in [1.82, 2.24) is 5.32 Å². The third-order valence-electron chi connectivity index (χ3n) is 3.36. The van der Waals surface area contributed by atoms with E-state index in [9.17, 15) is 4.79 Å². The van der Waals surface area contributed by atoms with Gasteiger partial charge in [-0.3, -0.25) is 4.79 Å². The third-order valence-corrected chi connectivity index (χ3v) is 3.36. The Labute approximate surface area is 136 Å². The van der Waals surface area contributed by atoms with Gasteiger partial charge in [-0.1, -0.05) is 18.2 Å². The van der Waals surface area contributed by atoms with Gasteiger partial charge in [0.15, 0.2) is 0 Å². The number of anilines is 1. The minimum Gasteiger partial charge on any atom is -0.491 e. The number of aryl methyl sites for hydroxylation is 1. The molecule has 5 heteroatoms. The fourth-order valence-corrected chi connectivity index (χ4v) is 2.13. The molecule has 23 heavy (non-hydrogen) atoms. The van der Waals surface area contributed by atoms with Gasteiger partial charge < -0.3 is 20.5 Å². The molecule has 3 N–H and O–H groups in total. The molecule has 0 unspecified atom stereocenters. The first-order chi connectivity index (χ1) is 11.1. The van der Waals surface area contributed by atoms with Crippen molar-refractivity contribution < 1.29 is 14.3 Å². The minimum atomic E-state index is -0.166. The van der Waals surface area contributed by atoms with Gasteiger partial charge in [-0.25, -0.2) is 0 Å². The maximum absolute atomic E-state index is 12.2. The van der Waals surface area contributed by atoms with Crippen molar-refractivity contribution in [1.29, 1.82) is 0 Å². The van der Waals surface area contributed by atoms with Crippen molar-refractivity contribution in [2.24, 2.45) is 0 Å². The van der Waals surface area contributed by atoms with Gasteiger partial charge in [-0.05, 0) is 36.8 Å². The molecular weight excluding hydrogens is 292 g/mol. The Morgan fingerprint density at radius 1 is 1.17 bits per heavy atom. The van der Waals surface area contributed by atoms with Crippen LogP contribution in [0.5, 0.6) is 5.75 Å². The van der Waals surface area contributed by atoms with E-state index in [1.807, 2.05) is 25.1 Å². The Bertz CT molecular complexity index is 671. The van der Waals surface area contributed by atoms with Crippen LogP contribution in [0.15, 0.2) is 42.5 Å². The first-order valence-corrected chi connectivity index (χ1v) is 7.45. The minimum absolute atomic E-state index is 0.166. The molecule has 1 amide bonds. The monoisotopic (exact) mass is 314 g/mol. The highest BCUT2D eigenvalue weighted by Crippen LogP contribution is 2.20. The van der Waals surface area contributed by atoms with Crippen LogP contribution >= 0.6 is 0 Å². The van der Waals surface area contributed by atoms with E-state index in [2.05, 4.69) is 5.32 Å². The summed E-state index contributed by atoms with van der Waals surface area (Å²) < 4.78 is 10.7. The number of ether oxygens (including phenoxy) is 2. The fourth-order valence-electron chi connectivity index (χ4n) is 2.13. The predicted octanol–water partition coefficient (Wildman–Crippen LogP) is 2.53. The van der Waals surface area contributed by atoms with E-state index in [0.29, 0.717) is 31.0 Å². The molecule has 0 atom stereocenters. The first-order valence-electron chi connectivity index (χ1n) is 7.45.